The monoisotopic (exact) mass is 177 g/mol. The van der Waals surface area contributed by atoms with E-state index < -0.39 is 0 Å². The lowest BCUT2D eigenvalue weighted by molar-refractivity contribution is -0.130. The molecule has 0 unspecified atom stereocenters. The zero-order valence-corrected chi connectivity index (χ0v) is 7.36. The molecule has 0 aliphatic heterocycles. The number of hydrogen-bond donors (Lipinski definition) is 1. The molecule has 64 valence electrons. The van der Waals surface area contributed by atoms with E-state index in [0.717, 1.165) is 12.0 Å². The van der Waals surface area contributed by atoms with E-state index in [1.54, 1.807) is 0 Å². The number of carbonyl (C=O) groups excluding carboxylic acids is 2. The molecule has 4 nitrogen and oxygen atoms in total. The molecule has 0 atom stereocenters. The van der Waals surface area contributed by atoms with Gasteiger partial charge in [0.15, 0.2) is 0 Å². The van der Waals surface area contributed by atoms with E-state index >= 15 is 0 Å². The standard InChI is InChI=1S/C6H11NO3S/c1-5(8)7-3-4-11-10-6(2)9/h3-4H2,1-2H3,(H,7,8). The topological polar surface area (TPSA) is 55.4 Å². The first-order valence-corrected chi connectivity index (χ1v) is 4.08. The van der Waals surface area contributed by atoms with Crippen LogP contribution in [-0.4, -0.2) is 24.2 Å². The summed E-state index contributed by atoms with van der Waals surface area (Å²) in [5, 5.41) is 2.57. The first-order valence-electron chi connectivity index (χ1n) is 3.17. The van der Waals surface area contributed by atoms with Crippen LogP contribution in [0.25, 0.3) is 0 Å². The van der Waals surface area contributed by atoms with Crippen molar-refractivity contribution in [1.82, 2.24) is 5.32 Å². The Morgan fingerprint density at radius 1 is 1.45 bits per heavy atom. The van der Waals surface area contributed by atoms with Crippen LogP contribution in [0.15, 0.2) is 0 Å². The number of rotatable bonds is 4. The SMILES string of the molecule is CC(=O)NCCSOC(C)=O. The zero-order chi connectivity index (χ0) is 8.69. The average Bonchev–Trinajstić information content (AvgIpc) is 1.85. The molecular formula is C6H11NO3S. The molecule has 1 amide bonds. The summed E-state index contributed by atoms with van der Waals surface area (Å²) < 4.78 is 4.55. The lowest BCUT2D eigenvalue weighted by Crippen LogP contribution is -2.22. The van der Waals surface area contributed by atoms with Crippen molar-refractivity contribution in [2.45, 2.75) is 13.8 Å². The fraction of sp³-hybridized carbons (Fsp3) is 0.667. The van der Waals surface area contributed by atoms with Gasteiger partial charge in [0.2, 0.25) is 5.91 Å². The molecule has 0 bridgehead atoms. The van der Waals surface area contributed by atoms with Gasteiger partial charge >= 0.3 is 5.97 Å². The third-order valence-corrected chi connectivity index (χ3v) is 1.46. The molecule has 0 fully saturated rings. The average molecular weight is 177 g/mol. The van der Waals surface area contributed by atoms with Gasteiger partial charge in [0.05, 0.1) is 12.0 Å². The van der Waals surface area contributed by atoms with E-state index in [-0.39, 0.29) is 11.9 Å². The fourth-order valence-corrected chi connectivity index (χ4v) is 0.828. The van der Waals surface area contributed by atoms with Crippen molar-refractivity contribution in [1.29, 1.82) is 0 Å². The second-order valence-electron chi connectivity index (χ2n) is 1.88. The largest absolute Gasteiger partial charge is 0.391 e. The first kappa shape index (κ1) is 10.3. The highest BCUT2D eigenvalue weighted by molar-refractivity contribution is 7.95. The van der Waals surface area contributed by atoms with E-state index in [0.29, 0.717) is 12.3 Å². The van der Waals surface area contributed by atoms with E-state index in [9.17, 15) is 9.59 Å². The summed E-state index contributed by atoms with van der Waals surface area (Å²) in [6.45, 7) is 3.30. The Morgan fingerprint density at radius 2 is 2.09 bits per heavy atom. The van der Waals surface area contributed by atoms with Gasteiger partial charge in [0.25, 0.3) is 0 Å². The summed E-state index contributed by atoms with van der Waals surface area (Å²) in [5.74, 6) is 0.186. The van der Waals surface area contributed by atoms with Crippen LogP contribution in [0, 0.1) is 0 Å². The van der Waals surface area contributed by atoms with Gasteiger partial charge in [0, 0.05) is 26.1 Å². The number of carbonyl (C=O) groups is 2. The van der Waals surface area contributed by atoms with Crippen LogP contribution in [0.3, 0.4) is 0 Å². The van der Waals surface area contributed by atoms with Gasteiger partial charge < -0.3 is 9.50 Å². The van der Waals surface area contributed by atoms with Crippen LogP contribution < -0.4 is 5.32 Å². The molecule has 11 heavy (non-hydrogen) atoms. The van der Waals surface area contributed by atoms with Crippen molar-refractivity contribution < 1.29 is 13.8 Å². The highest BCUT2D eigenvalue weighted by Gasteiger charge is 1.94. The van der Waals surface area contributed by atoms with Gasteiger partial charge in [-0.25, -0.2) is 0 Å². The molecular weight excluding hydrogens is 166 g/mol. The number of nitrogens with one attached hydrogen (secondary N) is 1. The van der Waals surface area contributed by atoms with Gasteiger partial charge in [-0.15, -0.1) is 0 Å². The molecule has 0 aliphatic rings. The van der Waals surface area contributed by atoms with Crippen LogP contribution in [0.2, 0.25) is 0 Å². The molecule has 0 aromatic heterocycles. The maximum atomic E-state index is 10.3. The smallest absolute Gasteiger partial charge is 0.314 e. The third-order valence-electron chi connectivity index (χ3n) is 0.736. The summed E-state index contributed by atoms with van der Waals surface area (Å²) in [6, 6.07) is 0. The van der Waals surface area contributed by atoms with Crippen molar-refractivity contribution in [2.75, 3.05) is 12.3 Å². The molecule has 1 N–H and O–H groups in total. The minimum absolute atomic E-state index is 0.0755. The highest BCUT2D eigenvalue weighted by Crippen LogP contribution is 1.99. The molecule has 0 saturated heterocycles. The van der Waals surface area contributed by atoms with Crippen LogP contribution in [0.5, 0.6) is 0 Å². The minimum Gasteiger partial charge on any atom is -0.391 e. The predicted molar refractivity (Wildman–Crippen MR) is 42.9 cm³/mol. The van der Waals surface area contributed by atoms with Gasteiger partial charge in [-0.1, -0.05) is 0 Å². The van der Waals surface area contributed by atoms with Gasteiger partial charge in [-0.2, -0.15) is 0 Å². The number of hydrogen-bond acceptors (Lipinski definition) is 4. The van der Waals surface area contributed by atoms with Crippen molar-refractivity contribution >= 4 is 23.9 Å². The lowest BCUT2D eigenvalue weighted by atomic mass is 10.6. The van der Waals surface area contributed by atoms with E-state index in [4.69, 9.17) is 0 Å². The zero-order valence-electron chi connectivity index (χ0n) is 6.55. The Morgan fingerprint density at radius 3 is 2.55 bits per heavy atom. The Bertz CT molecular complexity index is 133. The predicted octanol–water partition coefficient (Wildman–Crippen LogP) is 0.334. The molecule has 0 aromatic carbocycles. The summed E-state index contributed by atoms with van der Waals surface area (Å²) in [7, 11) is 0. The maximum Gasteiger partial charge on any atom is 0.314 e. The van der Waals surface area contributed by atoms with Gasteiger partial charge in [-0.05, 0) is 0 Å². The fourth-order valence-electron chi connectivity index (χ4n) is 0.393. The molecule has 0 saturated carbocycles. The molecule has 0 heterocycles. The molecule has 0 aliphatic carbocycles. The second-order valence-corrected chi connectivity index (χ2v) is 2.69. The van der Waals surface area contributed by atoms with Crippen molar-refractivity contribution in [2.24, 2.45) is 0 Å². The van der Waals surface area contributed by atoms with Gasteiger partial charge in [-0.3, -0.25) is 9.59 Å². The van der Waals surface area contributed by atoms with Crippen LogP contribution in [0.4, 0.5) is 0 Å². The third kappa shape index (κ3) is 9.29. The molecule has 0 radical (unpaired) electrons. The molecule has 0 spiro atoms. The Hall–Kier alpha value is -0.710. The second kappa shape index (κ2) is 6.03. The normalized spacial score (nSPS) is 8.91. The van der Waals surface area contributed by atoms with E-state index in [1.807, 2.05) is 0 Å². The maximum absolute atomic E-state index is 10.3. The molecule has 0 aromatic rings. The quantitative estimate of drug-likeness (QED) is 0.497. The Labute approximate surface area is 69.9 Å². The minimum atomic E-state index is -0.321. The summed E-state index contributed by atoms with van der Waals surface area (Å²) in [5.41, 5.74) is 0. The van der Waals surface area contributed by atoms with Gasteiger partial charge in [0.1, 0.15) is 0 Å². The molecule has 0 rings (SSSR count). The molecule has 5 heteroatoms. The van der Waals surface area contributed by atoms with E-state index in [2.05, 4.69) is 9.50 Å². The summed E-state index contributed by atoms with van der Waals surface area (Å²) in [4.78, 5) is 20.5. The van der Waals surface area contributed by atoms with Crippen molar-refractivity contribution in [3.05, 3.63) is 0 Å². The first-order chi connectivity index (χ1) is 5.13. The van der Waals surface area contributed by atoms with Crippen molar-refractivity contribution in [3.63, 3.8) is 0 Å². The Kier molecular flexibility index (Phi) is 5.64. The number of amides is 1. The highest BCUT2D eigenvalue weighted by atomic mass is 32.2. The van der Waals surface area contributed by atoms with Crippen molar-refractivity contribution in [3.8, 4) is 0 Å². The van der Waals surface area contributed by atoms with Crippen LogP contribution >= 0.6 is 12.0 Å². The lowest BCUT2D eigenvalue weighted by Gasteiger charge is -1.99. The van der Waals surface area contributed by atoms with Crippen LogP contribution in [-0.2, 0) is 13.8 Å². The Balaban J connectivity index is 3.03. The summed E-state index contributed by atoms with van der Waals surface area (Å²) in [6.07, 6.45) is 0. The summed E-state index contributed by atoms with van der Waals surface area (Å²) >= 11 is 1.04. The van der Waals surface area contributed by atoms with E-state index in [1.165, 1.54) is 13.8 Å². The van der Waals surface area contributed by atoms with Crippen LogP contribution in [0.1, 0.15) is 13.8 Å².